The van der Waals surface area contributed by atoms with Crippen LogP contribution in [0.3, 0.4) is 0 Å². The van der Waals surface area contributed by atoms with Crippen molar-refractivity contribution in [2.24, 2.45) is 0 Å². The van der Waals surface area contributed by atoms with Gasteiger partial charge in [-0.3, -0.25) is 5.43 Å². The number of halogens is 4. The summed E-state index contributed by atoms with van der Waals surface area (Å²) in [7, 11) is 0. The van der Waals surface area contributed by atoms with Crippen molar-refractivity contribution in [3.8, 4) is 5.75 Å². The predicted octanol–water partition coefficient (Wildman–Crippen LogP) is 6.92. The molecule has 1 N–H and O–H groups in total. The molecule has 0 saturated heterocycles. The van der Waals surface area contributed by atoms with Crippen LogP contribution in [0.25, 0.3) is 0 Å². The molecule has 8 heteroatoms. The van der Waals surface area contributed by atoms with Gasteiger partial charge in [0.05, 0.1) is 5.69 Å². The molecule has 0 unspecified atom stereocenters. The van der Waals surface area contributed by atoms with Gasteiger partial charge in [0, 0.05) is 10.0 Å². The van der Waals surface area contributed by atoms with Crippen LogP contribution >= 0.6 is 23.2 Å². The molecule has 0 aliphatic carbocycles. The fourth-order valence-corrected chi connectivity index (χ4v) is 2.82. The average molecular weight is 437 g/mol. The van der Waals surface area contributed by atoms with Crippen molar-refractivity contribution in [2.75, 3.05) is 10.4 Å². The highest BCUT2D eigenvalue weighted by atomic mass is 35.5. The summed E-state index contributed by atoms with van der Waals surface area (Å²) in [5.41, 5.74) is 3.41. The van der Waals surface area contributed by atoms with E-state index in [9.17, 15) is 13.6 Å². The number of hydrazine groups is 1. The minimum atomic E-state index is -0.969. The van der Waals surface area contributed by atoms with E-state index in [1.807, 2.05) is 0 Å². The van der Waals surface area contributed by atoms with Gasteiger partial charge in [0.25, 0.3) is 0 Å². The van der Waals surface area contributed by atoms with Crippen molar-refractivity contribution >= 4 is 40.7 Å². The minimum Gasteiger partial charge on any atom is -0.409 e. The van der Waals surface area contributed by atoms with Crippen LogP contribution in [-0.2, 0) is 0 Å². The number of rotatable bonds is 4. The van der Waals surface area contributed by atoms with Gasteiger partial charge >= 0.3 is 6.09 Å². The third kappa shape index (κ3) is 4.78. The topological polar surface area (TPSA) is 41.6 Å². The molecule has 0 heterocycles. The van der Waals surface area contributed by atoms with Crippen molar-refractivity contribution in [1.29, 1.82) is 0 Å². The van der Waals surface area contributed by atoms with Crippen LogP contribution in [0.4, 0.5) is 25.0 Å². The second-order valence-corrected chi connectivity index (χ2v) is 7.08. The lowest BCUT2D eigenvalue weighted by Gasteiger charge is -2.25. The van der Waals surface area contributed by atoms with Crippen molar-refractivity contribution in [1.82, 2.24) is 0 Å². The summed E-state index contributed by atoms with van der Waals surface area (Å²) >= 11 is 11.9. The van der Waals surface area contributed by atoms with Gasteiger partial charge in [0.1, 0.15) is 17.3 Å². The highest BCUT2D eigenvalue weighted by Crippen LogP contribution is 2.30. The number of para-hydroxylation sites is 1. The van der Waals surface area contributed by atoms with Crippen molar-refractivity contribution in [2.45, 2.75) is 13.8 Å². The fourth-order valence-electron chi connectivity index (χ4n) is 2.52. The number of ether oxygens (including phenoxy) is 1. The SMILES string of the molecule is Cc1cc(NN(C(=O)Oc2ccccc2)c2cc(C)c(Cl)cc2F)c(F)cc1Cl. The number of aryl methyl sites for hydroxylation is 2. The summed E-state index contributed by atoms with van der Waals surface area (Å²) in [5.74, 6) is -1.27. The Balaban J connectivity index is 2.03. The Kier molecular flexibility index (Phi) is 6.25. The first-order valence-electron chi connectivity index (χ1n) is 8.51. The molecule has 3 aromatic carbocycles. The first-order valence-corrected chi connectivity index (χ1v) is 9.27. The molecule has 29 heavy (non-hydrogen) atoms. The Hall–Kier alpha value is -2.83. The lowest BCUT2D eigenvalue weighted by Crippen LogP contribution is -2.39. The fraction of sp³-hybridized carbons (Fsp3) is 0.0952. The summed E-state index contributed by atoms with van der Waals surface area (Å²) in [6.45, 7) is 3.33. The molecular formula is C21H16Cl2F2N2O2. The lowest BCUT2D eigenvalue weighted by molar-refractivity contribution is 0.208. The summed E-state index contributed by atoms with van der Waals surface area (Å²) < 4.78 is 34.3. The van der Waals surface area contributed by atoms with E-state index in [0.29, 0.717) is 11.1 Å². The Morgan fingerprint density at radius 3 is 2.17 bits per heavy atom. The number of hydrogen-bond acceptors (Lipinski definition) is 3. The van der Waals surface area contributed by atoms with Gasteiger partial charge in [-0.1, -0.05) is 41.4 Å². The molecule has 3 rings (SSSR count). The molecule has 4 nitrogen and oxygen atoms in total. The standard InChI is InChI=1S/C21H16Cl2F2N2O2/c1-12-8-19(17(24)10-15(12)22)26-27(20-9-13(2)16(23)11-18(20)25)21(28)29-14-6-4-3-5-7-14/h3-11,26H,1-2H3. The number of carbonyl (C=O) groups excluding carboxylic acids is 1. The molecule has 1 amide bonds. The highest BCUT2D eigenvalue weighted by molar-refractivity contribution is 6.31. The third-order valence-electron chi connectivity index (χ3n) is 4.08. The molecule has 0 spiro atoms. The smallest absolute Gasteiger partial charge is 0.409 e. The third-order valence-corrected chi connectivity index (χ3v) is 4.89. The Morgan fingerprint density at radius 2 is 1.52 bits per heavy atom. The van der Waals surface area contributed by atoms with Crippen LogP contribution in [0.15, 0.2) is 54.6 Å². The van der Waals surface area contributed by atoms with E-state index in [1.165, 1.54) is 12.1 Å². The van der Waals surface area contributed by atoms with E-state index in [-0.39, 0.29) is 27.2 Å². The maximum atomic E-state index is 14.6. The van der Waals surface area contributed by atoms with Gasteiger partial charge < -0.3 is 4.74 Å². The van der Waals surface area contributed by atoms with Crippen molar-refractivity contribution in [3.63, 3.8) is 0 Å². The number of anilines is 2. The number of carbonyl (C=O) groups is 1. The average Bonchev–Trinajstić information content (AvgIpc) is 2.67. The number of benzene rings is 3. The lowest BCUT2D eigenvalue weighted by atomic mass is 10.2. The normalized spacial score (nSPS) is 10.6. The molecule has 3 aromatic rings. The summed E-state index contributed by atoms with van der Waals surface area (Å²) in [6.07, 6.45) is -0.969. The van der Waals surface area contributed by atoms with Crippen LogP contribution in [0.5, 0.6) is 5.75 Å². The highest BCUT2D eigenvalue weighted by Gasteiger charge is 2.24. The Labute approximate surface area is 176 Å². The molecule has 0 aliphatic heterocycles. The van der Waals surface area contributed by atoms with Crippen molar-refractivity contribution in [3.05, 3.63) is 87.4 Å². The van der Waals surface area contributed by atoms with E-state index < -0.39 is 17.7 Å². The van der Waals surface area contributed by atoms with Gasteiger partial charge in [-0.15, -0.1) is 0 Å². The molecular weight excluding hydrogens is 421 g/mol. The van der Waals surface area contributed by atoms with Crippen molar-refractivity contribution < 1.29 is 18.3 Å². The van der Waals surface area contributed by atoms with Gasteiger partial charge in [-0.05, 0) is 61.4 Å². The Bertz CT molecular complexity index is 1060. The first kappa shape index (κ1) is 20.9. The maximum Gasteiger partial charge on any atom is 0.439 e. The molecule has 150 valence electrons. The molecule has 0 fully saturated rings. The number of nitrogens with one attached hydrogen (secondary N) is 1. The van der Waals surface area contributed by atoms with Gasteiger partial charge in [-0.25, -0.2) is 13.6 Å². The molecule has 0 saturated carbocycles. The van der Waals surface area contributed by atoms with Crippen LogP contribution in [0, 0.1) is 25.5 Å². The maximum absolute atomic E-state index is 14.6. The van der Waals surface area contributed by atoms with Gasteiger partial charge in [-0.2, -0.15) is 5.01 Å². The largest absolute Gasteiger partial charge is 0.439 e. The second-order valence-electron chi connectivity index (χ2n) is 6.26. The van der Waals surface area contributed by atoms with Crippen LogP contribution < -0.4 is 15.2 Å². The van der Waals surface area contributed by atoms with Gasteiger partial charge in [0.2, 0.25) is 0 Å². The van der Waals surface area contributed by atoms with E-state index >= 15 is 0 Å². The summed E-state index contributed by atoms with van der Waals surface area (Å²) in [4.78, 5) is 12.8. The zero-order chi connectivity index (χ0) is 21.1. The monoisotopic (exact) mass is 436 g/mol. The molecule has 0 bridgehead atoms. The molecule has 0 aromatic heterocycles. The number of nitrogens with zero attached hydrogens (tertiary/aromatic N) is 1. The minimum absolute atomic E-state index is 0.0797. The summed E-state index contributed by atoms with van der Waals surface area (Å²) in [5, 5.41) is 1.19. The first-order chi connectivity index (χ1) is 13.8. The van der Waals surface area contributed by atoms with Gasteiger partial charge in [0.15, 0.2) is 5.82 Å². The molecule has 0 aliphatic rings. The van der Waals surface area contributed by atoms with E-state index in [4.69, 9.17) is 27.9 Å². The number of amides is 1. The quantitative estimate of drug-likeness (QED) is 0.451. The zero-order valence-corrected chi connectivity index (χ0v) is 17.0. The number of hydrogen-bond donors (Lipinski definition) is 1. The zero-order valence-electron chi connectivity index (χ0n) is 15.5. The predicted molar refractivity (Wildman–Crippen MR) is 111 cm³/mol. The van der Waals surface area contributed by atoms with E-state index in [1.54, 1.807) is 44.2 Å². The van der Waals surface area contributed by atoms with E-state index in [0.717, 1.165) is 17.1 Å². The molecule has 0 atom stereocenters. The molecule has 0 radical (unpaired) electrons. The van der Waals surface area contributed by atoms with Crippen LogP contribution in [0.2, 0.25) is 10.0 Å². The van der Waals surface area contributed by atoms with Crippen LogP contribution in [-0.4, -0.2) is 6.09 Å². The second kappa shape index (κ2) is 8.68. The summed E-state index contributed by atoms with van der Waals surface area (Å²) in [6, 6.07) is 13.2. The van der Waals surface area contributed by atoms with Crippen LogP contribution in [0.1, 0.15) is 11.1 Å². The van der Waals surface area contributed by atoms with E-state index in [2.05, 4.69) is 5.43 Å². The Morgan fingerprint density at radius 1 is 0.931 bits per heavy atom.